The minimum atomic E-state index is -0.473. The molecule has 0 amide bonds. The van der Waals surface area contributed by atoms with E-state index in [4.69, 9.17) is 0 Å². The molecule has 2 atom stereocenters. The average molecular weight is 289 g/mol. The van der Waals surface area contributed by atoms with Gasteiger partial charge in [0.2, 0.25) is 0 Å². The van der Waals surface area contributed by atoms with E-state index in [-0.39, 0.29) is 6.04 Å². The Labute approximate surface area is 123 Å². The highest BCUT2D eigenvalue weighted by Gasteiger charge is 2.15. The van der Waals surface area contributed by atoms with Crippen LogP contribution in [0.25, 0.3) is 0 Å². The van der Waals surface area contributed by atoms with Gasteiger partial charge in [0, 0.05) is 6.42 Å². The van der Waals surface area contributed by atoms with Crippen molar-refractivity contribution in [1.29, 1.82) is 0 Å². The number of rotatable bonds is 6. The Kier molecular flexibility index (Phi) is 5.38. The van der Waals surface area contributed by atoms with E-state index in [1.165, 1.54) is 0 Å². The van der Waals surface area contributed by atoms with Gasteiger partial charge in [0.15, 0.2) is 0 Å². The summed E-state index contributed by atoms with van der Waals surface area (Å²) in [7, 11) is 0. The Bertz CT molecular complexity index is 518. The van der Waals surface area contributed by atoms with Gasteiger partial charge < -0.3 is 10.4 Å². The molecule has 2 N–H and O–H groups in total. The van der Waals surface area contributed by atoms with E-state index in [1.807, 2.05) is 55.6 Å². The number of hydrogen-bond donors (Lipinski definition) is 2. The molecule has 4 nitrogen and oxygen atoms in total. The average Bonchev–Trinajstić information content (AvgIpc) is 2.49. The first-order valence-corrected chi connectivity index (χ1v) is 7.78. The van der Waals surface area contributed by atoms with Gasteiger partial charge in [0.05, 0.1) is 12.1 Å². The number of nitrogens with zero attached hydrogens (tertiary/aromatic N) is 2. The van der Waals surface area contributed by atoms with Gasteiger partial charge >= 0.3 is 0 Å². The van der Waals surface area contributed by atoms with E-state index < -0.39 is 6.10 Å². The topological polar surface area (TPSA) is 58.0 Å². The molecule has 0 saturated heterocycles. The summed E-state index contributed by atoms with van der Waals surface area (Å²) in [4.78, 5) is 0. The molecule has 5 heteroatoms. The van der Waals surface area contributed by atoms with E-state index in [1.54, 1.807) is 11.8 Å². The summed E-state index contributed by atoms with van der Waals surface area (Å²) in [6.45, 7) is 1.94. The standard InChI is InChI=1S/C15H19N3OS/c1-11(13(19)10-12-6-4-3-5-7-12)16-14-8-9-15(20-2)18-17-14/h3-9,11,13,19H,10H2,1-2H3,(H,16,17). The van der Waals surface area contributed by atoms with Gasteiger partial charge in [-0.05, 0) is 30.9 Å². The normalized spacial score (nSPS) is 13.8. The van der Waals surface area contributed by atoms with Gasteiger partial charge in [-0.3, -0.25) is 0 Å². The van der Waals surface area contributed by atoms with Crippen molar-refractivity contribution in [2.45, 2.75) is 30.5 Å². The zero-order valence-electron chi connectivity index (χ0n) is 11.7. The van der Waals surface area contributed by atoms with Crippen LogP contribution in [0.2, 0.25) is 0 Å². The molecule has 2 unspecified atom stereocenters. The monoisotopic (exact) mass is 289 g/mol. The first-order chi connectivity index (χ1) is 9.69. The molecule has 0 fully saturated rings. The van der Waals surface area contributed by atoms with Crippen molar-refractivity contribution in [2.75, 3.05) is 11.6 Å². The van der Waals surface area contributed by atoms with Crippen LogP contribution in [0.1, 0.15) is 12.5 Å². The van der Waals surface area contributed by atoms with Crippen molar-refractivity contribution in [2.24, 2.45) is 0 Å². The molecule has 20 heavy (non-hydrogen) atoms. The van der Waals surface area contributed by atoms with Gasteiger partial charge in [0.25, 0.3) is 0 Å². The molecule has 0 aliphatic heterocycles. The van der Waals surface area contributed by atoms with E-state index in [0.717, 1.165) is 10.6 Å². The molecule has 0 bridgehead atoms. The number of aliphatic hydroxyl groups excluding tert-OH is 1. The highest BCUT2D eigenvalue weighted by Crippen LogP contribution is 2.13. The smallest absolute Gasteiger partial charge is 0.149 e. The molecular weight excluding hydrogens is 270 g/mol. The molecule has 0 radical (unpaired) electrons. The van der Waals surface area contributed by atoms with Crippen LogP contribution in [0, 0.1) is 0 Å². The first-order valence-electron chi connectivity index (χ1n) is 6.55. The van der Waals surface area contributed by atoms with Crippen LogP contribution in [0.5, 0.6) is 0 Å². The SMILES string of the molecule is CSc1ccc(NC(C)C(O)Cc2ccccc2)nn1. The Morgan fingerprint density at radius 2 is 1.90 bits per heavy atom. The molecule has 0 saturated carbocycles. The van der Waals surface area contributed by atoms with E-state index in [9.17, 15) is 5.11 Å². The van der Waals surface area contributed by atoms with Crippen molar-refractivity contribution in [1.82, 2.24) is 10.2 Å². The fourth-order valence-corrected chi connectivity index (χ4v) is 2.19. The second-order valence-electron chi connectivity index (χ2n) is 4.65. The summed E-state index contributed by atoms with van der Waals surface area (Å²) in [5, 5.41) is 22.4. The summed E-state index contributed by atoms with van der Waals surface area (Å²) in [6.07, 6.45) is 2.11. The van der Waals surface area contributed by atoms with Crippen molar-refractivity contribution in [3.63, 3.8) is 0 Å². The second-order valence-corrected chi connectivity index (χ2v) is 5.48. The number of hydrogen-bond acceptors (Lipinski definition) is 5. The molecule has 0 aliphatic rings. The molecule has 2 aromatic rings. The van der Waals surface area contributed by atoms with Crippen LogP contribution in [0.3, 0.4) is 0 Å². The zero-order valence-corrected chi connectivity index (χ0v) is 12.5. The summed E-state index contributed by atoms with van der Waals surface area (Å²) in [5.74, 6) is 0.683. The molecule has 1 aromatic heterocycles. The fourth-order valence-electron chi connectivity index (χ4n) is 1.87. The van der Waals surface area contributed by atoms with Crippen LogP contribution in [0.15, 0.2) is 47.5 Å². The van der Waals surface area contributed by atoms with Crippen molar-refractivity contribution < 1.29 is 5.11 Å². The first kappa shape index (κ1) is 14.8. The molecular formula is C15H19N3OS. The molecule has 1 heterocycles. The van der Waals surface area contributed by atoms with E-state index in [0.29, 0.717) is 12.2 Å². The minimum absolute atomic E-state index is 0.0929. The minimum Gasteiger partial charge on any atom is -0.391 e. The van der Waals surface area contributed by atoms with Gasteiger partial charge in [-0.2, -0.15) is 0 Å². The summed E-state index contributed by atoms with van der Waals surface area (Å²) in [6, 6.07) is 13.7. The second kappa shape index (κ2) is 7.26. The summed E-state index contributed by atoms with van der Waals surface area (Å²) >= 11 is 1.55. The molecule has 2 rings (SSSR count). The van der Waals surface area contributed by atoms with Crippen LogP contribution >= 0.6 is 11.8 Å². The lowest BCUT2D eigenvalue weighted by Crippen LogP contribution is -2.32. The maximum Gasteiger partial charge on any atom is 0.149 e. The Morgan fingerprint density at radius 1 is 1.15 bits per heavy atom. The van der Waals surface area contributed by atoms with Crippen LogP contribution in [-0.2, 0) is 6.42 Å². The Balaban J connectivity index is 1.91. The molecule has 106 valence electrons. The van der Waals surface area contributed by atoms with Crippen molar-refractivity contribution in [3.8, 4) is 0 Å². The van der Waals surface area contributed by atoms with E-state index in [2.05, 4.69) is 15.5 Å². The quantitative estimate of drug-likeness (QED) is 0.801. The van der Waals surface area contributed by atoms with Gasteiger partial charge in [0.1, 0.15) is 10.8 Å². The Morgan fingerprint density at radius 3 is 2.50 bits per heavy atom. The van der Waals surface area contributed by atoms with Crippen LogP contribution in [0.4, 0.5) is 5.82 Å². The lowest BCUT2D eigenvalue weighted by molar-refractivity contribution is 0.158. The number of aromatic nitrogens is 2. The third-order valence-corrected chi connectivity index (χ3v) is 3.73. The van der Waals surface area contributed by atoms with Crippen molar-refractivity contribution >= 4 is 17.6 Å². The molecule has 0 aliphatic carbocycles. The summed E-state index contributed by atoms with van der Waals surface area (Å²) < 4.78 is 0. The fraction of sp³-hybridized carbons (Fsp3) is 0.333. The number of nitrogens with one attached hydrogen (secondary N) is 1. The van der Waals surface area contributed by atoms with Gasteiger partial charge in [-0.25, -0.2) is 0 Å². The lowest BCUT2D eigenvalue weighted by atomic mass is 10.0. The third-order valence-electron chi connectivity index (χ3n) is 3.09. The number of benzene rings is 1. The lowest BCUT2D eigenvalue weighted by Gasteiger charge is -2.20. The molecule has 0 spiro atoms. The maximum absolute atomic E-state index is 10.2. The van der Waals surface area contributed by atoms with Gasteiger partial charge in [-0.1, -0.05) is 30.3 Å². The van der Waals surface area contributed by atoms with Gasteiger partial charge in [-0.15, -0.1) is 22.0 Å². The maximum atomic E-state index is 10.2. The Hall–Kier alpha value is -1.59. The predicted octanol–water partition coefficient (Wildman–Crippen LogP) is 2.60. The number of thioether (sulfide) groups is 1. The van der Waals surface area contributed by atoms with Crippen molar-refractivity contribution in [3.05, 3.63) is 48.0 Å². The van der Waals surface area contributed by atoms with Crippen LogP contribution in [-0.4, -0.2) is 33.7 Å². The largest absolute Gasteiger partial charge is 0.391 e. The highest BCUT2D eigenvalue weighted by atomic mass is 32.2. The van der Waals surface area contributed by atoms with Crippen LogP contribution < -0.4 is 5.32 Å². The number of aliphatic hydroxyl groups is 1. The molecule has 1 aromatic carbocycles. The highest BCUT2D eigenvalue weighted by molar-refractivity contribution is 7.98. The number of anilines is 1. The summed E-state index contributed by atoms with van der Waals surface area (Å²) in [5.41, 5.74) is 1.12. The third kappa shape index (κ3) is 4.21. The zero-order chi connectivity index (χ0) is 14.4. The van der Waals surface area contributed by atoms with E-state index >= 15 is 0 Å². The predicted molar refractivity (Wildman–Crippen MR) is 83.1 cm³/mol.